The lowest BCUT2D eigenvalue weighted by Gasteiger charge is -2.05. The molecule has 1 rings (SSSR count). The normalized spacial score (nSPS) is 9.20. The fraction of sp³-hybridized carbons (Fsp3) is 0.286. The highest BCUT2D eigenvalue weighted by atomic mass is 16.2. The maximum Gasteiger partial charge on any atom is 0.329 e. The van der Waals surface area contributed by atoms with Crippen LogP contribution in [-0.4, -0.2) is 20.9 Å². The second-order valence-electron chi connectivity index (χ2n) is 2.76. The highest BCUT2D eigenvalue weighted by Crippen LogP contribution is 2.05. The van der Waals surface area contributed by atoms with Crippen molar-refractivity contribution in [2.75, 3.05) is 11.1 Å². The van der Waals surface area contributed by atoms with Crippen molar-refractivity contribution in [3.63, 3.8) is 0 Å². The number of H-pyrrole nitrogens is 1. The third-order valence-corrected chi connectivity index (χ3v) is 1.64. The van der Waals surface area contributed by atoms with Crippen molar-refractivity contribution in [2.45, 2.75) is 6.92 Å². The molecule has 0 bridgehead atoms. The number of amides is 1. The number of anilines is 2. The van der Waals surface area contributed by atoms with Gasteiger partial charge in [0.1, 0.15) is 11.5 Å². The summed E-state index contributed by atoms with van der Waals surface area (Å²) in [5, 5.41) is 2.24. The van der Waals surface area contributed by atoms with Gasteiger partial charge in [-0.15, -0.1) is 0 Å². The Labute approximate surface area is 84.0 Å². The molecule has 1 amide bonds. The first kappa shape index (κ1) is 12.9. The maximum atomic E-state index is 11.4. The lowest BCUT2D eigenvalue weighted by Crippen LogP contribution is -2.35. The molecule has 15 heavy (non-hydrogen) atoms. The second-order valence-corrected chi connectivity index (χ2v) is 2.76. The van der Waals surface area contributed by atoms with E-state index in [1.54, 1.807) is 0 Å². The van der Waals surface area contributed by atoms with E-state index in [1.165, 1.54) is 14.0 Å². The number of rotatable bonds is 1. The molecule has 0 aliphatic carbocycles. The van der Waals surface area contributed by atoms with E-state index in [0.29, 0.717) is 0 Å². The maximum absolute atomic E-state index is 11.4. The van der Waals surface area contributed by atoms with Crippen LogP contribution in [0.25, 0.3) is 0 Å². The van der Waals surface area contributed by atoms with Crippen LogP contribution in [0.3, 0.4) is 0 Å². The number of aromatic amines is 1. The van der Waals surface area contributed by atoms with Gasteiger partial charge in [0.05, 0.1) is 0 Å². The zero-order chi connectivity index (χ0) is 10.9. The molecular weight excluding hydrogens is 204 g/mol. The molecule has 0 radical (unpaired) electrons. The Morgan fingerprint density at radius 2 is 2.00 bits per heavy atom. The second kappa shape index (κ2) is 4.42. The largest absolute Gasteiger partial charge is 0.412 e. The van der Waals surface area contributed by atoms with Crippen LogP contribution in [0.15, 0.2) is 9.59 Å². The summed E-state index contributed by atoms with van der Waals surface area (Å²) in [5.41, 5.74) is 3.98. The fourth-order valence-electron chi connectivity index (χ4n) is 0.934. The molecule has 1 heterocycles. The molecule has 84 valence electrons. The molecule has 0 atom stereocenters. The van der Waals surface area contributed by atoms with Crippen molar-refractivity contribution in [3.8, 4) is 0 Å². The first-order valence-corrected chi connectivity index (χ1v) is 3.80. The van der Waals surface area contributed by atoms with Crippen molar-refractivity contribution in [1.82, 2.24) is 9.55 Å². The molecule has 1 aromatic rings. The third kappa shape index (κ3) is 2.44. The summed E-state index contributed by atoms with van der Waals surface area (Å²) in [6.45, 7) is 1.24. The van der Waals surface area contributed by atoms with Crippen LogP contribution in [0.5, 0.6) is 0 Å². The van der Waals surface area contributed by atoms with E-state index >= 15 is 0 Å². The molecule has 0 spiro atoms. The highest BCUT2D eigenvalue weighted by Gasteiger charge is 2.10. The van der Waals surface area contributed by atoms with Crippen LogP contribution in [0.4, 0.5) is 11.5 Å². The zero-order valence-corrected chi connectivity index (χ0v) is 8.25. The summed E-state index contributed by atoms with van der Waals surface area (Å²) in [6, 6.07) is 0. The Morgan fingerprint density at radius 1 is 1.47 bits per heavy atom. The van der Waals surface area contributed by atoms with Crippen molar-refractivity contribution >= 4 is 17.4 Å². The van der Waals surface area contributed by atoms with Crippen LogP contribution >= 0.6 is 0 Å². The summed E-state index contributed by atoms with van der Waals surface area (Å²) in [5.74, 6) is -0.575. The molecule has 0 aromatic carbocycles. The molecule has 0 fully saturated rings. The van der Waals surface area contributed by atoms with Crippen LogP contribution in [-0.2, 0) is 11.8 Å². The van der Waals surface area contributed by atoms with Gasteiger partial charge >= 0.3 is 5.69 Å². The summed E-state index contributed by atoms with van der Waals surface area (Å²) >= 11 is 0. The predicted octanol–water partition coefficient (Wildman–Crippen LogP) is -2.21. The smallest absolute Gasteiger partial charge is 0.329 e. The van der Waals surface area contributed by atoms with E-state index < -0.39 is 17.2 Å². The van der Waals surface area contributed by atoms with Gasteiger partial charge in [-0.1, -0.05) is 0 Å². The Bertz CT molecular complexity index is 487. The molecule has 1 aromatic heterocycles. The van der Waals surface area contributed by atoms with Gasteiger partial charge in [-0.25, -0.2) is 4.79 Å². The minimum Gasteiger partial charge on any atom is -0.412 e. The number of carbonyl (C=O) groups excluding carboxylic acids is 1. The number of nitrogens with two attached hydrogens (primary N) is 1. The van der Waals surface area contributed by atoms with E-state index in [0.717, 1.165) is 4.57 Å². The van der Waals surface area contributed by atoms with Gasteiger partial charge in [0.25, 0.3) is 5.56 Å². The zero-order valence-electron chi connectivity index (χ0n) is 8.25. The lowest BCUT2D eigenvalue weighted by atomic mass is 10.4. The molecule has 0 saturated carbocycles. The lowest BCUT2D eigenvalue weighted by molar-refractivity contribution is -0.114. The number of nitrogens with zero attached hydrogens (tertiary/aromatic N) is 1. The van der Waals surface area contributed by atoms with Gasteiger partial charge in [-0.05, 0) is 0 Å². The molecule has 6 N–H and O–H groups in total. The van der Waals surface area contributed by atoms with Crippen LogP contribution in [0.2, 0.25) is 0 Å². The summed E-state index contributed by atoms with van der Waals surface area (Å²) in [7, 11) is 1.28. The number of aromatic nitrogens is 2. The van der Waals surface area contributed by atoms with Gasteiger partial charge in [-0.2, -0.15) is 0 Å². The number of nitrogen functional groups attached to an aromatic ring is 1. The Hall–Kier alpha value is -2.09. The predicted molar refractivity (Wildman–Crippen MR) is 54.6 cm³/mol. The summed E-state index contributed by atoms with van der Waals surface area (Å²) in [4.78, 5) is 35.3. The molecule has 0 aliphatic rings. The standard InChI is InChI=1S/C7H10N4O3.H2O/c1-3(12)9-4-5(8)10-7(14)11(2)6(4)13;/h8H2,1-2H3,(H,9,12)(H,10,14);1H2. The molecule has 0 saturated heterocycles. The molecular formula is C7H12N4O4. The Balaban J connectivity index is 0.00000196. The van der Waals surface area contributed by atoms with Crippen molar-refractivity contribution in [2.24, 2.45) is 7.05 Å². The highest BCUT2D eigenvalue weighted by molar-refractivity contribution is 5.90. The van der Waals surface area contributed by atoms with E-state index in [-0.39, 0.29) is 17.0 Å². The van der Waals surface area contributed by atoms with E-state index in [9.17, 15) is 14.4 Å². The molecule has 8 heteroatoms. The molecule has 8 nitrogen and oxygen atoms in total. The van der Waals surface area contributed by atoms with Crippen molar-refractivity contribution in [3.05, 3.63) is 20.8 Å². The quantitative estimate of drug-likeness (QED) is 0.489. The minimum atomic E-state index is -0.638. The van der Waals surface area contributed by atoms with Gasteiger partial charge < -0.3 is 16.5 Å². The number of hydrogen-bond donors (Lipinski definition) is 3. The summed E-state index contributed by atoms with van der Waals surface area (Å²) in [6.07, 6.45) is 0. The number of nitrogens with one attached hydrogen (secondary N) is 2. The van der Waals surface area contributed by atoms with Crippen LogP contribution in [0.1, 0.15) is 6.92 Å². The SMILES string of the molecule is CC(=O)Nc1c(N)[nH]c(=O)n(C)c1=O.O. The molecule has 0 aliphatic heterocycles. The van der Waals surface area contributed by atoms with E-state index in [4.69, 9.17) is 5.73 Å². The monoisotopic (exact) mass is 216 g/mol. The fourth-order valence-corrected chi connectivity index (χ4v) is 0.934. The van der Waals surface area contributed by atoms with E-state index in [1.807, 2.05) is 0 Å². The third-order valence-electron chi connectivity index (χ3n) is 1.64. The first-order chi connectivity index (χ1) is 6.43. The van der Waals surface area contributed by atoms with Crippen molar-refractivity contribution < 1.29 is 10.3 Å². The number of carbonyl (C=O) groups is 1. The first-order valence-electron chi connectivity index (χ1n) is 3.80. The van der Waals surface area contributed by atoms with Gasteiger partial charge in [0.15, 0.2) is 0 Å². The Kier molecular flexibility index (Phi) is 3.80. The topological polar surface area (TPSA) is 141 Å². The van der Waals surface area contributed by atoms with Crippen molar-refractivity contribution in [1.29, 1.82) is 0 Å². The Morgan fingerprint density at radius 3 is 2.47 bits per heavy atom. The average Bonchev–Trinajstić information content (AvgIpc) is 2.09. The minimum absolute atomic E-state index is 0. The van der Waals surface area contributed by atoms with E-state index in [2.05, 4.69) is 10.3 Å². The van der Waals surface area contributed by atoms with Gasteiger partial charge in [0, 0.05) is 14.0 Å². The molecule has 0 unspecified atom stereocenters. The van der Waals surface area contributed by atoms with Gasteiger partial charge in [-0.3, -0.25) is 19.1 Å². The number of hydrogen-bond acceptors (Lipinski definition) is 4. The average molecular weight is 216 g/mol. The van der Waals surface area contributed by atoms with Gasteiger partial charge in [0.2, 0.25) is 5.91 Å². The summed E-state index contributed by atoms with van der Waals surface area (Å²) < 4.78 is 0.821. The van der Waals surface area contributed by atoms with Crippen LogP contribution in [0, 0.1) is 0 Å². The van der Waals surface area contributed by atoms with Crippen LogP contribution < -0.4 is 22.3 Å².